The maximum absolute atomic E-state index is 12.8. The molecule has 2 aromatic rings. The molecule has 5 nitrogen and oxygen atoms in total. The van der Waals surface area contributed by atoms with Crippen LogP contribution in [-0.2, 0) is 10.0 Å². The van der Waals surface area contributed by atoms with E-state index in [1.165, 1.54) is 23.9 Å². The molecule has 1 aromatic heterocycles. The van der Waals surface area contributed by atoms with Gasteiger partial charge >= 0.3 is 0 Å². The fraction of sp³-hybridized carbons (Fsp3) is 0.273. The Balaban J connectivity index is 2.16. The van der Waals surface area contributed by atoms with E-state index in [2.05, 4.69) is 14.9 Å². The lowest BCUT2D eigenvalue weighted by Gasteiger charge is -2.04. The van der Waals surface area contributed by atoms with E-state index >= 15 is 0 Å². The number of anilines is 1. The molecule has 0 radical (unpaired) electrons. The molecule has 1 aromatic carbocycles. The smallest absolute Gasteiger partial charge is 0.253 e. The highest BCUT2D eigenvalue weighted by Crippen LogP contribution is 2.29. The molecule has 0 aliphatic rings. The second kappa shape index (κ2) is 6.06. The van der Waals surface area contributed by atoms with Gasteiger partial charge in [0.15, 0.2) is 4.34 Å². The van der Waals surface area contributed by atoms with Gasteiger partial charge in [-0.15, -0.1) is 10.2 Å². The molecule has 0 saturated heterocycles. The van der Waals surface area contributed by atoms with Crippen molar-refractivity contribution in [3.05, 3.63) is 30.1 Å². The van der Waals surface area contributed by atoms with Gasteiger partial charge in [0, 0.05) is 5.25 Å². The molecule has 9 heteroatoms. The molecular weight excluding hydrogens is 321 g/mol. The van der Waals surface area contributed by atoms with Crippen LogP contribution in [0.1, 0.15) is 13.8 Å². The molecule has 108 valence electrons. The second-order valence-electron chi connectivity index (χ2n) is 4.10. The lowest BCUT2D eigenvalue weighted by Crippen LogP contribution is -2.12. The molecule has 20 heavy (non-hydrogen) atoms. The maximum Gasteiger partial charge on any atom is 0.263 e. The summed E-state index contributed by atoms with van der Waals surface area (Å²) in [6, 6.07) is 4.58. The summed E-state index contributed by atoms with van der Waals surface area (Å²) in [5.74, 6) is -0.490. The third-order valence-corrected chi connectivity index (χ3v) is 5.50. The Labute approximate surface area is 124 Å². The van der Waals surface area contributed by atoms with E-state index in [9.17, 15) is 12.8 Å². The van der Waals surface area contributed by atoms with E-state index in [0.717, 1.165) is 23.5 Å². The largest absolute Gasteiger partial charge is 0.263 e. The van der Waals surface area contributed by atoms with E-state index in [1.807, 2.05) is 13.8 Å². The first-order valence-corrected chi connectivity index (χ1v) is 8.83. The van der Waals surface area contributed by atoms with Crippen LogP contribution < -0.4 is 4.72 Å². The first kappa shape index (κ1) is 15.2. The van der Waals surface area contributed by atoms with Crippen molar-refractivity contribution in [3.8, 4) is 0 Å². The van der Waals surface area contributed by atoms with Crippen molar-refractivity contribution in [2.24, 2.45) is 0 Å². The summed E-state index contributed by atoms with van der Waals surface area (Å²) >= 11 is 2.67. The first-order valence-electron chi connectivity index (χ1n) is 5.65. The van der Waals surface area contributed by atoms with Crippen LogP contribution in [0.25, 0.3) is 0 Å². The normalized spacial score (nSPS) is 11.8. The molecule has 1 N–H and O–H groups in total. The second-order valence-corrected chi connectivity index (χ2v) is 8.58. The maximum atomic E-state index is 12.8. The van der Waals surface area contributed by atoms with Crippen LogP contribution >= 0.6 is 23.1 Å². The zero-order valence-electron chi connectivity index (χ0n) is 10.7. The van der Waals surface area contributed by atoms with Gasteiger partial charge in [0.05, 0.1) is 4.90 Å². The molecule has 0 spiro atoms. The zero-order valence-corrected chi connectivity index (χ0v) is 13.1. The Morgan fingerprint density at radius 1 is 1.25 bits per heavy atom. The van der Waals surface area contributed by atoms with Gasteiger partial charge in [-0.25, -0.2) is 12.8 Å². The Kier molecular flexibility index (Phi) is 4.61. The minimum absolute atomic E-state index is 0.0211. The zero-order chi connectivity index (χ0) is 14.8. The number of halogens is 1. The Morgan fingerprint density at radius 2 is 1.90 bits per heavy atom. The number of aromatic nitrogens is 2. The van der Waals surface area contributed by atoms with Crippen LogP contribution in [0.4, 0.5) is 9.52 Å². The van der Waals surface area contributed by atoms with Gasteiger partial charge in [-0.1, -0.05) is 36.9 Å². The molecule has 0 saturated carbocycles. The number of thioether (sulfide) groups is 1. The topological polar surface area (TPSA) is 72.0 Å². The number of sulfonamides is 1. The highest BCUT2D eigenvalue weighted by molar-refractivity contribution is 8.01. The Bertz CT molecular complexity index is 683. The third kappa shape index (κ3) is 3.90. The van der Waals surface area contributed by atoms with Gasteiger partial charge in [-0.2, -0.15) is 0 Å². The number of benzene rings is 1. The highest BCUT2D eigenvalue weighted by Gasteiger charge is 2.17. The summed E-state index contributed by atoms with van der Waals surface area (Å²) in [7, 11) is -3.76. The van der Waals surface area contributed by atoms with Crippen molar-refractivity contribution in [2.75, 3.05) is 4.72 Å². The van der Waals surface area contributed by atoms with Crippen molar-refractivity contribution in [1.82, 2.24) is 10.2 Å². The van der Waals surface area contributed by atoms with Gasteiger partial charge in [0.2, 0.25) is 5.13 Å². The van der Waals surface area contributed by atoms with Crippen LogP contribution in [-0.4, -0.2) is 23.9 Å². The molecule has 1 heterocycles. The summed E-state index contributed by atoms with van der Waals surface area (Å²) < 4.78 is 39.9. The van der Waals surface area contributed by atoms with E-state index in [1.54, 1.807) is 0 Å². The van der Waals surface area contributed by atoms with Crippen molar-refractivity contribution in [2.45, 2.75) is 28.3 Å². The Hall–Kier alpha value is -1.19. The van der Waals surface area contributed by atoms with Crippen molar-refractivity contribution < 1.29 is 12.8 Å². The molecule has 0 unspecified atom stereocenters. The number of hydrogen-bond donors (Lipinski definition) is 1. The molecule has 0 amide bonds. The fourth-order valence-corrected chi connectivity index (χ4v) is 4.49. The number of nitrogens with zero attached hydrogens (tertiary/aromatic N) is 2. The monoisotopic (exact) mass is 333 g/mol. The Morgan fingerprint density at radius 3 is 2.50 bits per heavy atom. The third-order valence-electron chi connectivity index (χ3n) is 2.09. The van der Waals surface area contributed by atoms with E-state index < -0.39 is 15.8 Å². The molecule has 2 rings (SSSR count). The van der Waals surface area contributed by atoms with E-state index in [-0.39, 0.29) is 10.0 Å². The van der Waals surface area contributed by atoms with E-state index in [4.69, 9.17) is 0 Å². The van der Waals surface area contributed by atoms with Gasteiger partial charge in [0.25, 0.3) is 10.0 Å². The molecule has 0 bridgehead atoms. The van der Waals surface area contributed by atoms with Crippen LogP contribution in [0.15, 0.2) is 33.5 Å². The molecular formula is C11H12FN3O2S3. The average molecular weight is 333 g/mol. The summed E-state index contributed by atoms with van der Waals surface area (Å²) in [6.07, 6.45) is 0. The first-order chi connectivity index (χ1) is 9.37. The fourth-order valence-electron chi connectivity index (χ4n) is 1.29. The van der Waals surface area contributed by atoms with Crippen LogP contribution in [0, 0.1) is 5.82 Å². The minimum atomic E-state index is -3.76. The van der Waals surface area contributed by atoms with Gasteiger partial charge < -0.3 is 0 Å². The lowest BCUT2D eigenvalue weighted by molar-refractivity contribution is 0.599. The predicted molar refractivity (Wildman–Crippen MR) is 78.1 cm³/mol. The standard InChI is InChI=1S/C11H12FN3O2S3/c1-7(2)18-11-14-13-10(19-11)15-20(16,17)9-5-3-8(12)4-6-9/h3-7H,1-2H3,(H,13,15). The summed E-state index contributed by atoms with van der Waals surface area (Å²) in [5.41, 5.74) is 0. The van der Waals surface area contributed by atoms with Crippen LogP contribution in [0.3, 0.4) is 0 Å². The number of rotatable bonds is 5. The summed E-state index contributed by atoms with van der Waals surface area (Å²) in [6.45, 7) is 4.02. The lowest BCUT2D eigenvalue weighted by atomic mass is 10.4. The average Bonchev–Trinajstić information content (AvgIpc) is 2.75. The quantitative estimate of drug-likeness (QED) is 0.852. The molecule has 0 aliphatic heterocycles. The highest BCUT2D eigenvalue weighted by atomic mass is 32.2. The SMILES string of the molecule is CC(C)Sc1nnc(NS(=O)(=O)c2ccc(F)cc2)s1. The molecule has 0 atom stereocenters. The molecule has 0 fully saturated rings. The van der Waals surface area contributed by atoms with Crippen molar-refractivity contribution in [3.63, 3.8) is 0 Å². The molecule has 0 aliphatic carbocycles. The van der Waals surface area contributed by atoms with Crippen molar-refractivity contribution in [1.29, 1.82) is 0 Å². The van der Waals surface area contributed by atoms with Gasteiger partial charge in [-0.3, -0.25) is 4.72 Å². The van der Waals surface area contributed by atoms with Crippen LogP contribution in [0.5, 0.6) is 0 Å². The van der Waals surface area contributed by atoms with Gasteiger partial charge in [0.1, 0.15) is 5.82 Å². The summed E-state index contributed by atoms with van der Waals surface area (Å²) in [4.78, 5) is -0.0211. The van der Waals surface area contributed by atoms with Crippen molar-refractivity contribution >= 4 is 38.3 Å². The minimum Gasteiger partial charge on any atom is -0.253 e. The predicted octanol–water partition coefficient (Wildman–Crippen LogP) is 2.98. The van der Waals surface area contributed by atoms with Gasteiger partial charge in [-0.05, 0) is 24.3 Å². The summed E-state index contributed by atoms with van der Waals surface area (Å²) in [5, 5.41) is 8.20. The number of nitrogens with one attached hydrogen (secondary N) is 1. The van der Waals surface area contributed by atoms with Crippen LogP contribution in [0.2, 0.25) is 0 Å². The number of hydrogen-bond acceptors (Lipinski definition) is 6. The van der Waals surface area contributed by atoms with E-state index in [0.29, 0.717) is 9.59 Å².